The van der Waals surface area contributed by atoms with Crippen molar-refractivity contribution in [1.29, 1.82) is 0 Å². The van der Waals surface area contributed by atoms with Gasteiger partial charge in [-0.3, -0.25) is 4.79 Å². The van der Waals surface area contributed by atoms with Gasteiger partial charge in [-0.05, 0) is 37.0 Å². The highest BCUT2D eigenvalue weighted by molar-refractivity contribution is 5.75. The highest BCUT2D eigenvalue weighted by atomic mass is 16.5. The first-order valence-corrected chi connectivity index (χ1v) is 7.33. The van der Waals surface area contributed by atoms with Gasteiger partial charge in [0.05, 0.1) is 7.11 Å². The van der Waals surface area contributed by atoms with Crippen molar-refractivity contribution in [2.24, 2.45) is 17.8 Å². The van der Waals surface area contributed by atoms with E-state index in [1.54, 1.807) is 0 Å². The summed E-state index contributed by atoms with van der Waals surface area (Å²) in [7, 11) is 1.47. The lowest BCUT2D eigenvalue weighted by Gasteiger charge is -2.39. The predicted octanol–water partition coefficient (Wildman–Crippen LogP) is 2.99. The maximum atomic E-state index is 11.7. The van der Waals surface area contributed by atoms with Crippen molar-refractivity contribution in [3.63, 3.8) is 0 Å². The molecule has 4 atom stereocenters. The lowest BCUT2D eigenvalue weighted by molar-refractivity contribution is -0.143. The van der Waals surface area contributed by atoms with Crippen LogP contribution in [-0.2, 0) is 9.53 Å². The minimum Gasteiger partial charge on any atom is -0.468 e. The van der Waals surface area contributed by atoms with E-state index in [0.717, 1.165) is 12.3 Å². The van der Waals surface area contributed by atoms with Crippen molar-refractivity contribution in [3.8, 4) is 0 Å². The molecule has 0 spiro atoms. The van der Waals surface area contributed by atoms with E-state index in [1.165, 1.54) is 26.4 Å². The molecular weight excluding hydrogens is 226 g/mol. The van der Waals surface area contributed by atoms with Crippen molar-refractivity contribution in [3.05, 3.63) is 0 Å². The molecule has 106 valence electrons. The minimum atomic E-state index is -0.147. The summed E-state index contributed by atoms with van der Waals surface area (Å²) >= 11 is 0. The third-order valence-electron chi connectivity index (χ3n) is 4.33. The van der Waals surface area contributed by atoms with E-state index >= 15 is 0 Å². The monoisotopic (exact) mass is 255 g/mol. The van der Waals surface area contributed by atoms with Gasteiger partial charge in [0.1, 0.15) is 6.04 Å². The Balaban J connectivity index is 2.67. The molecule has 18 heavy (non-hydrogen) atoms. The Morgan fingerprint density at radius 1 is 1.39 bits per heavy atom. The van der Waals surface area contributed by atoms with Crippen molar-refractivity contribution in [2.75, 3.05) is 7.11 Å². The van der Waals surface area contributed by atoms with Crippen molar-refractivity contribution in [2.45, 2.75) is 65.5 Å². The second kappa shape index (κ2) is 7.13. The first kappa shape index (κ1) is 15.5. The zero-order valence-electron chi connectivity index (χ0n) is 12.5. The second-order valence-electron chi connectivity index (χ2n) is 6.08. The van der Waals surface area contributed by atoms with Gasteiger partial charge >= 0.3 is 5.97 Å². The van der Waals surface area contributed by atoms with Crippen molar-refractivity contribution < 1.29 is 9.53 Å². The quantitative estimate of drug-likeness (QED) is 0.768. The number of hydrogen-bond acceptors (Lipinski definition) is 3. The van der Waals surface area contributed by atoms with Crippen LogP contribution in [0.25, 0.3) is 0 Å². The summed E-state index contributed by atoms with van der Waals surface area (Å²) in [5, 5.41) is 3.54. The summed E-state index contributed by atoms with van der Waals surface area (Å²) in [4.78, 5) is 11.7. The molecule has 0 bridgehead atoms. The summed E-state index contributed by atoms with van der Waals surface area (Å²) in [6.45, 7) is 8.92. The maximum Gasteiger partial charge on any atom is 0.322 e. The van der Waals surface area contributed by atoms with Crippen LogP contribution < -0.4 is 5.32 Å². The molecule has 1 aliphatic rings. The van der Waals surface area contributed by atoms with Crippen LogP contribution in [0.15, 0.2) is 0 Å². The molecule has 1 rings (SSSR count). The lowest BCUT2D eigenvalue weighted by Crippen LogP contribution is -2.50. The third kappa shape index (κ3) is 3.98. The average molecular weight is 255 g/mol. The number of methoxy groups -OCH3 is 1. The number of ether oxygens (including phenoxy) is 1. The van der Waals surface area contributed by atoms with Crippen LogP contribution in [0.1, 0.15) is 53.4 Å². The summed E-state index contributed by atoms with van der Waals surface area (Å²) in [6.07, 6.45) is 4.56. The average Bonchev–Trinajstić information content (AvgIpc) is 2.34. The highest BCUT2D eigenvalue weighted by Crippen LogP contribution is 2.33. The van der Waals surface area contributed by atoms with Crippen LogP contribution in [0, 0.1) is 17.8 Å². The fourth-order valence-corrected chi connectivity index (χ4v) is 3.15. The van der Waals surface area contributed by atoms with Crippen LogP contribution in [0.2, 0.25) is 0 Å². The van der Waals surface area contributed by atoms with Gasteiger partial charge < -0.3 is 10.1 Å². The molecule has 3 heteroatoms. The van der Waals surface area contributed by atoms with Gasteiger partial charge in [0.25, 0.3) is 0 Å². The van der Waals surface area contributed by atoms with Gasteiger partial charge in [-0.15, -0.1) is 0 Å². The van der Waals surface area contributed by atoms with E-state index in [4.69, 9.17) is 4.74 Å². The molecule has 0 aliphatic heterocycles. The van der Waals surface area contributed by atoms with E-state index < -0.39 is 0 Å². The number of nitrogens with one attached hydrogen (secondary N) is 1. The van der Waals surface area contributed by atoms with Gasteiger partial charge in [0.2, 0.25) is 0 Å². The molecule has 0 aromatic heterocycles. The Morgan fingerprint density at radius 2 is 2.06 bits per heavy atom. The van der Waals surface area contributed by atoms with E-state index in [2.05, 4.69) is 26.1 Å². The Labute approximate surface area is 112 Å². The lowest BCUT2D eigenvalue weighted by atomic mass is 9.74. The van der Waals surface area contributed by atoms with Gasteiger partial charge in [-0.2, -0.15) is 0 Å². The van der Waals surface area contributed by atoms with Crippen LogP contribution in [-0.4, -0.2) is 25.2 Å². The van der Waals surface area contributed by atoms with Crippen LogP contribution in [0.3, 0.4) is 0 Å². The Morgan fingerprint density at radius 3 is 2.56 bits per heavy atom. The Kier molecular flexibility index (Phi) is 6.13. The summed E-state index contributed by atoms with van der Waals surface area (Å²) < 4.78 is 4.87. The molecule has 3 nitrogen and oxygen atoms in total. The SMILES string of the molecule is CCC(NC1CC(C)CCC1C(C)C)C(=O)OC. The van der Waals surface area contributed by atoms with E-state index in [1.807, 2.05) is 6.92 Å². The summed E-state index contributed by atoms with van der Waals surface area (Å²) in [5.74, 6) is 1.98. The maximum absolute atomic E-state index is 11.7. The predicted molar refractivity (Wildman–Crippen MR) is 74.4 cm³/mol. The molecule has 1 N–H and O–H groups in total. The van der Waals surface area contributed by atoms with Crippen LogP contribution in [0.4, 0.5) is 0 Å². The molecule has 1 fully saturated rings. The van der Waals surface area contributed by atoms with Gasteiger partial charge in [-0.1, -0.05) is 34.1 Å². The summed E-state index contributed by atoms with van der Waals surface area (Å²) in [6, 6.07) is 0.310. The summed E-state index contributed by atoms with van der Waals surface area (Å²) in [5.41, 5.74) is 0. The molecule has 0 heterocycles. The van der Waals surface area contributed by atoms with Gasteiger partial charge in [0, 0.05) is 6.04 Å². The first-order valence-electron chi connectivity index (χ1n) is 7.33. The van der Waals surface area contributed by atoms with Crippen molar-refractivity contribution >= 4 is 5.97 Å². The van der Waals surface area contributed by atoms with E-state index in [9.17, 15) is 4.79 Å². The number of hydrogen-bond donors (Lipinski definition) is 1. The zero-order chi connectivity index (χ0) is 13.7. The van der Waals surface area contributed by atoms with Gasteiger partial charge in [-0.25, -0.2) is 0 Å². The molecular formula is C15H29NO2. The number of carbonyl (C=O) groups is 1. The Hall–Kier alpha value is -0.570. The van der Waals surface area contributed by atoms with Crippen LogP contribution in [0.5, 0.6) is 0 Å². The number of rotatable bonds is 5. The molecule has 1 aliphatic carbocycles. The molecule has 1 saturated carbocycles. The molecule has 0 aromatic carbocycles. The number of carbonyl (C=O) groups excluding carboxylic acids is 1. The topological polar surface area (TPSA) is 38.3 Å². The van der Waals surface area contributed by atoms with E-state index in [0.29, 0.717) is 17.9 Å². The normalized spacial score (nSPS) is 30.2. The largest absolute Gasteiger partial charge is 0.468 e. The third-order valence-corrected chi connectivity index (χ3v) is 4.33. The first-order chi connectivity index (χ1) is 8.49. The molecule has 0 radical (unpaired) electrons. The minimum absolute atomic E-state index is 0.127. The van der Waals surface area contributed by atoms with E-state index in [-0.39, 0.29) is 12.0 Å². The molecule has 0 saturated heterocycles. The fraction of sp³-hybridized carbons (Fsp3) is 0.933. The Bertz CT molecular complexity index is 265. The van der Waals surface area contributed by atoms with Crippen LogP contribution >= 0.6 is 0 Å². The molecule has 0 aromatic rings. The standard InChI is InChI=1S/C15H29NO2/c1-6-13(15(17)18-5)16-14-9-11(4)7-8-12(14)10(2)3/h10-14,16H,6-9H2,1-5H3. The second-order valence-corrected chi connectivity index (χ2v) is 6.08. The highest BCUT2D eigenvalue weighted by Gasteiger charge is 2.33. The number of esters is 1. The smallest absolute Gasteiger partial charge is 0.322 e. The fourth-order valence-electron chi connectivity index (χ4n) is 3.15. The molecule has 0 amide bonds. The zero-order valence-corrected chi connectivity index (χ0v) is 12.5. The van der Waals surface area contributed by atoms with Gasteiger partial charge in [0.15, 0.2) is 0 Å². The molecule has 4 unspecified atom stereocenters. The van der Waals surface area contributed by atoms with Crippen molar-refractivity contribution in [1.82, 2.24) is 5.32 Å².